The van der Waals surface area contributed by atoms with Crippen LogP contribution in [0.5, 0.6) is 0 Å². The predicted molar refractivity (Wildman–Crippen MR) is 85.0 cm³/mol. The van der Waals surface area contributed by atoms with Crippen molar-refractivity contribution in [2.45, 2.75) is 45.1 Å². The molecule has 0 amide bonds. The molecule has 0 spiro atoms. The number of thiophene rings is 1. The largest absolute Gasteiger partial charge is 0.314 e. The number of hydrogen-bond donors (Lipinski definition) is 1. The van der Waals surface area contributed by atoms with Gasteiger partial charge in [0.1, 0.15) is 0 Å². The van der Waals surface area contributed by atoms with Gasteiger partial charge in [-0.2, -0.15) is 0 Å². The van der Waals surface area contributed by atoms with Gasteiger partial charge in [0.25, 0.3) is 0 Å². The van der Waals surface area contributed by atoms with Gasteiger partial charge in [-0.05, 0) is 67.0 Å². The fraction of sp³-hybridized carbons (Fsp3) is 0.529. The minimum Gasteiger partial charge on any atom is -0.314 e. The summed E-state index contributed by atoms with van der Waals surface area (Å²) in [7, 11) is 0. The molecule has 0 saturated heterocycles. The van der Waals surface area contributed by atoms with E-state index in [9.17, 15) is 0 Å². The van der Waals surface area contributed by atoms with Gasteiger partial charge in [-0.15, -0.1) is 11.3 Å². The number of hydrogen-bond acceptors (Lipinski definition) is 2. The lowest BCUT2D eigenvalue weighted by Gasteiger charge is -2.16. The van der Waals surface area contributed by atoms with E-state index in [0.29, 0.717) is 0 Å². The summed E-state index contributed by atoms with van der Waals surface area (Å²) in [4.78, 5) is 0. The first-order chi connectivity index (χ1) is 9.38. The van der Waals surface area contributed by atoms with Crippen molar-refractivity contribution in [3.63, 3.8) is 0 Å². The van der Waals surface area contributed by atoms with Gasteiger partial charge in [0.05, 0.1) is 0 Å². The van der Waals surface area contributed by atoms with Gasteiger partial charge in [-0.25, -0.2) is 0 Å². The van der Waals surface area contributed by atoms with Gasteiger partial charge in [0.2, 0.25) is 0 Å². The van der Waals surface area contributed by atoms with Crippen LogP contribution < -0.4 is 5.32 Å². The van der Waals surface area contributed by atoms with Crippen molar-refractivity contribution in [1.29, 1.82) is 0 Å². The Morgan fingerprint density at radius 2 is 2.16 bits per heavy atom. The molecule has 1 fully saturated rings. The third kappa shape index (κ3) is 3.18. The Hall–Kier alpha value is -0.860. The normalized spacial score (nSPS) is 16.9. The van der Waals surface area contributed by atoms with Crippen LogP contribution in [0.3, 0.4) is 0 Å². The lowest BCUT2D eigenvalue weighted by Crippen LogP contribution is -2.30. The maximum atomic E-state index is 3.66. The fourth-order valence-electron chi connectivity index (χ4n) is 3.00. The van der Waals surface area contributed by atoms with E-state index < -0.39 is 0 Å². The standard InChI is InChI=1S/C17H23NS/c1-2-18-16(13-10-11-13)8-5-6-14-12-19-17-9-4-3-7-15(14)17/h3-4,7,9,12-13,16,18H,2,5-6,8,10-11H2,1H3. The first-order valence-corrected chi connectivity index (χ1v) is 8.45. The molecule has 2 heteroatoms. The van der Waals surface area contributed by atoms with Crippen LogP contribution in [0.15, 0.2) is 29.6 Å². The fourth-order valence-corrected chi connectivity index (χ4v) is 4.00. The summed E-state index contributed by atoms with van der Waals surface area (Å²) in [5.41, 5.74) is 1.55. The molecule has 1 unspecified atom stereocenters. The number of aryl methyl sites for hydroxylation is 1. The Morgan fingerprint density at radius 1 is 1.32 bits per heavy atom. The summed E-state index contributed by atoms with van der Waals surface area (Å²) in [6.45, 7) is 3.34. The van der Waals surface area contributed by atoms with E-state index in [1.165, 1.54) is 42.2 Å². The van der Waals surface area contributed by atoms with Gasteiger partial charge in [0, 0.05) is 10.7 Å². The number of fused-ring (bicyclic) bond motifs is 1. The third-order valence-electron chi connectivity index (χ3n) is 4.18. The summed E-state index contributed by atoms with van der Waals surface area (Å²) >= 11 is 1.89. The number of benzene rings is 1. The summed E-state index contributed by atoms with van der Waals surface area (Å²) in [5, 5.41) is 7.49. The van der Waals surface area contributed by atoms with Crippen LogP contribution >= 0.6 is 11.3 Å². The Labute approximate surface area is 120 Å². The molecule has 0 radical (unpaired) electrons. The molecule has 1 saturated carbocycles. The average Bonchev–Trinajstić information content (AvgIpc) is 3.20. The highest BCUT2D eigenvalue weighted by Crippen LogP contribution is 2.35. The number of nitrogens with one attached hydrogen (secondary N) is 1. The molecule has 3 rings (SSSR count). The Bertz CT molecular complexity index is 527. The smallest absolute Gasteiger partial charge is 0.0345 e. The van der Waals surface area contributed by atoms with E-state index in [-0.39, 0.29) is 0 Å². The van der Waals surface area contributed by atoms with Crippen LogP contribution in [0.4, 0.5) is 0 Å². The molecule has 0 bridgehead atoms. The van der Waals surface area contributed by atoms with Crippen molar-refractivity contribution < 1.29 is 0 Å². The molecule has 1 heterocycles. The van der Waals surface area contributed by atoms with Crippen LogP contribution in [0.2, 0.25) is 0 Å². The Balaban J connectivity index is 1.56. The van der Waals surface area contributed by atoms with E-state index in [2.05, 4.69) is 41.9 Å². The first-order valence-electron chi connectivity index (χ1n) is 7.57. The van der Waals surface area contributed by atoms with Crippen molar-refractivity contribution in [2.24, 2.45) is 5.92 Å². The molecule has 1 aromatic heterocycles. The minimum atomic E-state index is 0.773. The molecule has 1 aliphatic rings. The lowest BCUT2D eigenvalue weighted by molar-refractivity contribution is 0.435. The minimum absolute atomic E-state index is 0.773. The zero-order valence-electron chi connectivity index (χ0n) is 11.7. The maximum absolute atomic E-state index is 3.66. The van der Waals surface area contributed by atoms with Crippen LogP contribution in [-0.2, 0) is 6.42 Å². The van der Waals surface area contributed by atoms with E-state index in [1.54, 1.807) is 5.56 Å². The van der Waals surface area contributed by atoms with Crippen molar-refractivity contribution in [1.82, 2.24) is 5.32 Å². The van der Waals surface area contributed by atoms with Crippen LogP contribution in [0.1, 0.15) is 38.2 Å². The van der Waals surface area contributed by atoms with Gasteiger partial charge in [-0.3, -0.25) is 0 Å². The maximum Gasteiger partial charge on any atom is 0.0345 e. The van der Waals surface area contributed by atoms with Crippen molar-refractivity contribution in [2.75, 3.05) is 6.54 Å². The van der Waals surface area contributed by atoms with Gasteiger partial charge >= 0.3 is 0 Å². The van der Waals surface area contributed by atoms with Gasteiger partial charge < -0.3 is 5.32 Å². The molecule has 2 aromatic rings. The van der Waals surface area contributed by atoms with Crippen LogP contribution in [0.25, 0.3) is 10.1 Å². The van der Waals surface area contributed by atoms with Crippen molar-refractivity contribution >= 4 is 21.4 Å². The Morgan fingerprint density at radius 3 is 2.95 bits per heavy atom. The molecule has 1 aliphatic carbocycles. The van der Waals surface area contributed by atoms with Crippen molar-refractivity contribution in [3.8, 4) is 0 Å². The monoisotopic (exact) mass is 273 g/mol. The molecular weight excluding hydrogens is 250 g/mol. The predicted octanol–water partition coefficient (Wildman–Crippen LogP) is 4.61. The molecular formula is C17H23NS. The zero-order chi connectivity index (χ0) is 13.1. The Kier molecular flexibility index (Phi) is 4.19. The second-order valence-corrected chi connectivity index (χ2v) is 6.56. The van der Waals surface area contributed by atoms with Gasteiger partial charge in [0.15, 0.2) is 0 Å². The summed E-state index contributed by atoms with van der Waals surface area (Å²) in [6, 6.07) is 9.56. The van der Waals surface area contributed by atoms with Gasteiger partial charge in [-0.1, -0.05) is 25.1 Å². The quantitative estimate of drug-likeness (QED) is 0.776. The lowest BCUT2D eigenvalue weighted by atomic mass is 10.0. The van der Waals surface area contributed by atoms with Crippen LogP contribution in [-0.4, -0.2) is 12.6 Å². The second kappa shape index (κ2) is 6.06. The van der Waals surface area contributed by atoms with E-state index in [1.807, 2.05) is 11.3 Å². The molecule has 19 heavy (non-hydrogen) atoms. The first kappa shape index (κ1) is 13.1. The second-order valence-electron chi connectivity index (χ2n) is 5.65. The summed E-state index contributed by atoms with van der Waals surface area (Å²) < 4.78 is 1.43. The van der Waals surface area contributed by atoms with Crippen LogP contribution in [0, 0.1) is 5.92 Å². The van der Waals surface area contributed by atoms with E-state index in [4.69, 9.17) is 0 Å². The van der Waals surface area contributed by atoms with Crippen molar-refractivity contribution in [3.05, 3.63) is 35.2 Å². The average molecular weight is 273 g/mol. The topological polar surface area (TPSA) is 12.0 Å². The SMILES string of the molecule is CCNC(CCCc1csc2ccccc12)C1CC1. The molecule has 102 valence electrons. The zero-order valence-corrected chi connectivity index (χ0v) is 12.5. The highest BCUT2D eigenvalue weighted by atomic mass is 32.1. The summed E-state index contributed by atoms with van der Waals surface area (Å²) in [5.74, 6) is 0.971. The molecule has 0 aliphatic heterocycles. The highest BCUT2D eigenvalue weighted by molar-refractivity contribution is 7.17. The number of rotatable bonds is 7. The molecule has 1 aromatic carbocycles. The van der Waals surface area contributed by atoms with E-state index >= 15 is 0 Å². The molecule has 1 atom stereocenters. The molecule has 1 nitrogen and oxygen atoms in total. The third-order valence-corrected chi connectivity index (χ3v) is 5.19. The van der Waals surface area contributed by atoms with E-state index in [0.717, 1.165) is 18.5 Å². The highest BCUT2D eigenvalue weighted by Gasteiger charge is 2.29. The molecule has 1 N–H and O–H groups in total. The summed E-state index contributed by atoms with van der Waals surface area (Å²) in [6.07, 6.45) is 6.77.